The van der Waals surface area contributed by atoms with Crippen LogP contribution in [0.4, 0.5) is 0 Å². The molecule has 3 heteroatoms. The van der Waals surface area contributed by atoms with E-state index in [4.69, 9.17) is 4.98 Å². The maximum absolute atomic E-state index is 5.10. The molecule has 1 aromatic carbocycles. The van der Waals surface area contributed by atoms with Crippen molar-refractivity contribution in [3.8, 4) is 0 Å². The number of likely N-dealkylation sites (tertiary alicyclic amines) is 1. The van der Waals surface area contributed by atoms with E-state index in [1.807, 2.05) is 12.2 Å². The molecule has 1 N–H and O–H groups in total. The number of pyridine rings is 1. The Kier molecular flexibility index (Phi) is 10.4. The van der Waals surface area contributed by atoms with Gasteiger partial charge in [-0.15, -0.1) is 6.58 Å². The smallest absolute Gasteiger partial charge is 0.0738 e. The van der Waals surface area contributed by atoms with Crippen molar-refractivity contribution >= 4 is 22.2 Å². The van der Waals surface area contributed by atoms with E-state index in [9.17, 15) is 0 Å². The van der Waals surface area contributed by atoms with Crippen LogP contribution in [0, 0.1) is 0 Å². The molecule has 0 aliphatic carbocycles. The highest BCUT2D eigenvalue weighted by molar-refractivity contribution is 5.87. The summed E-state index contributed by atoms with van der Waals surface area (Å²) in [4.78, 5) is 7.51. The number of benzene rings is 1. The minimum absolute atomic E-state index is 0.909. The number of allylic oxidation sites excluding steroid dienone is 7. The predicted octanol–water partition coefficient (Wildman–Crippen LogP) is 8.23. The van der Waals surface area contributed by atoms with E-state index in [1.54, 1.807) is 0 Å². The van der Waals surface area contributed by atoms with Crippen LogP contribution in [0.3, 0.4) is 0 Å². The highest BCUT2D eigenvalue weighted by Crippen LogP contribution is 2.27. The second kappa shape index (κ2) is 13.7. The van der Waals surface area contributed by atoms with Crippen LogP contribution in [0.5, 0.6) is 0 Å². The summed E-state index contributed by atoms with van der Waals surface area (Å²) >= 11 is 0. The molecule has 3 nitrogen and oxygen atoms in total. The molecule has 2 aromatic rings. The fourth-order valence-electron chi connectivity index (χ4n) is 4.75. The average Bonchev–Trinajstić information content (AvgIpc) is 3.28. The Balaban J connectivity index is 1.76. The standard InChI is InChI=1S/C33H43N3/c1-7-9-16-28(8-2)33-30(17-11-10-14-25(3)4)24-31-23-29(18-19-32(31)35-33)27(6)34-20-13-22-36-21-12-15-26(36)5/h7-9,16,18-19,23-24,34H,1,3,5-6,10-15,17,20-22H2,2,4H3/b16-9-,28-8+. The normalized spacial score (nSPS) is 14.1. The van der Waals surface area contributed by atoms with Gasteiger partial charge in [-0.2, -0.15) is 0 Å². The molecule has 36 heavy (non-hydrogen) atoms. The first-order valence-corrected chi connectivity index (χ1v) is 13.3. The van der Waals surface area contributed by atoms with Gasteiger partial charge in [-0.25, -0.2) is 4.98 Å². The van der Waals surface area contributed by atoms with Gasteiger partial charge in [-0.05, 0) is 93.7 Å². The molecule has 3 rings (SSSR count). The molecule has 0 unspecified atom stereocenters. The molecule has 1 aliphatic heterocycles. The SMILES string of the molecule is C=C/C=C\C(=C/C)c1nc2ccc(C(=C)NCCCN3CCCC3=C)cc2cc1CCCCC(=C)C. The monoisotopic (exact) mass is 481 g/mol. The van der Waals surface area contributed by atoms with Gasteiger partial charge >= 0.3 is 0 Å². The second-order valence-electron chi connectivity index (χ2n) is 9.82. The highest BCUT2D eigenvalue weighted by atomic mass is 15.1. The highest BCUT2D eigenvalue weighted by Gasteiger charge is 2.14. The summed E-state index contributed by atoms with van der Waals surface area (Å²) in [6.45, 7) is 23.6. The maximum Gasteiger partial charge on any atom is 0.0738 e. The largest absolute Gasteiger partial charge is 0.385 e. The van der Waals surface area contributed by atoms with Gasteiger partial charge in [-0.3, -0.25) is 0 Å². The van der Waals surface area contributed by atoms with Gasteiger partial charge in [0.2, 0.25) is 0 Å². The Morgan fingerprint density at radius 3 is 2.69 bits per heavy atom. The quantitative estimate of drug-likeness (QED) is 0.167. The number of nitrogens with one attached hydrogen (secondary N) is 1. The molecule has 0 spiro atoms. The summed E-state index contributed by atoms with van der Waals surface area (Å²) in [5.41, 5.74) is 9.09. The van der Waals surface area contributed by atoms with Gasteiger partial charge in [0.1, 0.15) is 0 Å². The van der Waals surface area contributed by atoms with Crippen LogP contribution >= 0.6 is 0 Å². The molecule has 1 aromatic heterocycles. The third-order valence-corrected chi connectivity index (χ3v) is 6.82. The minimum atomic E-state index is 0.909. The number of aromatic nitrogens is 1. The van der Waals surface area contributed by atoms with E-state index in [0.29, 0.717) is 0 Å². The Bertz CT molecular complexity index is 1160. The van der Waals surface area contributed by atoms with Gasteiger partial charge in [0.25, 0.3) is 0 Å². The number of hydrogen-bond donors (Lipinski definition) is 1. The average molecular weight is 482 g/mol. The van der Waals surface area contributed by atoms with Crippen LogP contribution in [0.2, 0.25) is 0 Å². The Hall–Kier alpha value is -3.33. The van der Waals surface area contributed by atoms with Crippen LogP contribution in [-0.2, 0) is 6.42 Å². The lowest BCUT2D eigenvalue weighted by Gasteiger charge is -2.19. The molecule has 2 heterocycles. The number of unbranched alkanes of at least 4 members (excludes halogenated alkanes) is 1. The molecular formula is C33H43N3. The lowest BCUT2D eigenvalue weighted by atomic mass is 9.97. The molecule has 0 amide bonds. The molecule has 190 valence electrons. The van der Waals surface area contributed by atoms with Crippen LogP contribution in [-0.4, -0.2) is 29.5 Å². The Labute approximate surface area is 218 Å². The van der Waals surface area contributed by atoms with Crippen LogP contribution in [0.1, 0.15) is 69.2 Å². The van der Waals surface area contributed by atoms with Gasteiger partial charge in [0.15, 0.2) is 0 Å². The Morgan fingerprint density at radius 2 is 2.00 bits per heavy atom. The molecule has 1 aliphatic rings. The molecule has 0 radical (unpaired) electrons. The molecule has 1 saturated heterocycles. The molecule has 0 atom stereocenters. The van der Waals surface area contributed by atoms with E-state index in [-0.39, 0.29) is 0 Å². The molecule has 1 fully saturated rings. The van der Waals surface area contributed by atoms with Gasteiger partial charge in [0.05, 0.1) is 11.2 Å². The zero-order valence-corrected chi connectivity index (χ0v) is 22.4. The van der Waals surface area contributed by atoms with Crippen molar-refractivity contribution in [2.45, 2.75) is 58.8 Å². The van der Waals surface area contributed by atoms with Crippen LogP contribution in [0.25, 0.3) is 22.2 Å². The molecule has 0 bridgehead atoms. The molecular weight excluding hydrogens is 438 g/mol. The van der Waals surface area contributed by atoms with Crippen molar-refractivity contribution in [1.82, 2.24) is 15.2 Å². The summed E-state index contributed by atoms with van der Waals surface area (Å²) in [5.74, 6) is 0. The topological polar surface area (TPSA) is 28.2 Å². The first kappa shape index (κ1) is 27.3. The summed E-state index contributed by atoms with van der Waals surface area (Å²) in [5, 5.41) is 4.68. The van der Waals surface area contributed by atoms with Crippen molar-refractivity contribution in [3.63, 3.8) is 0 Å². The van der Waals surface area contributed by atoms with Crippen LogP contribution in [0.15, 0.2) is 86.2 Å². The fourth-order valence-corrected chi connectivity index (χ4v) is 4.75. The van der Waals surface area contributed by atoms with Crippen molar-refractivity contribution in [2.24, 2.45) is 0 Å². The van der Waals surface area contributed by atoms with Crippen LogP contribution < -0.4 is 5.32 Å². The summed E-state index contributed by atoms with van der Waals surface area (Å²) in [6, 6.07) is 8.78. The maximum atomic E-state index is 5.10. The first-order valence-electron chi connectivity index (χ1n) is 13.3. The van der Waals surface area contributed by atoms with E-state index in [2.05, 4.69) is 86.8 Å². The number of aryl methyl sites for hydroxylation is 1. The lowest BCUT2D eigenvalue weighted by Crippen LogP contribution is -2.23. The first-order chi connectivity index (χ1) is 17.4. The fraction of sp³-hybridized carbons (Fsp3) is 0.364. The zero-order chi connectivity index (χ0) is 25.9. The summed E-state index contributed by atoms with van der Waals surface area (Å²) < 4.78 is 0. The van der Waals surface area contributed by atoms with Crippen molar-refractivity contribution in [2.75, 3.05) is 19.6 Å². The third-order valence-electron chi connectivity index (χ3n) is 6.82. The van der Waals surface area contributed by atoms with E-state index < -0.39 is 0 Å². The minimum Gasteiger partial charge on any atom is -0.385 e. The van der Waals surface area contributed by atoms with E-state index in [1.165, 1.54) is 23.3 Å². The van der Waals surface area contributed by atoms with E-state index in [0.717, 1.165) is 91.6 Å². The van der Waals surface area contributed by atoms with Gasteiger partial charge in [0, 0.05) is 36.4 Å². The Morgan fingerprint density at radius 1 is 1.17 bits per heavy atom. The predicted molar refractivity (Wildman–Crippen MR) is 159 cm³/mol. The van der Waals surface area contributed by atoms with Crippen molar-refractivity contribution < 1.29 is 0 Å². The molecule has 0 saturated carbocycles. The number of fused-ring (bicyclic) bond motifs is 1. The van der Waals surface area contributed by atoms with Gasteiger partial charge < -0.3 is 10.2 Å². The number of hydrogen-bond acceptors (Lipinski definition) is 3. The summed E-state index contributed by atoms with van der Waals surface area (Å²) in [6.07, 6.45) is 15.8. The zero-order valence-electron chi connectivity index (χ0n) is 22.4. The second-order valence-corrected chi connectivity index (χ2v) is 9.82. The number of nitrogens with zero attached hydrogens (tertiary/aromatic N) is 2. The van der Waals surface area contributed by atoms with Crippen molar-refractivity contribution in [1.29, 1.82) is 0 Å². The van der Waals surface area contributed by atoms with E-state index >= 15 is 0 Å². The lowest BCUT2D eigenvalue weighted by molar-refractivity contribution is 0.386. The van der Waals surface area contributed by atoms with Crippen molar-refractivity contribution in [3.05, 3.63) is 103 Å². The van der Waals surface area contributed by atoms with Gasteiger partial charge in [-0.1, -0.05) is 55.7 Å². The third kappa shape index (κ3) is 7.58. The number of rotatable bonds is 14. The summed E-state index contributed by atoms with van der Waals surface area (Å²) in [7, 11) is 0.